The second-order valence-electron chi connectivity index (χ2n) is 5.03. The largest absolute Gasteiger partial charge is 0.465 e. The van der Waals surface area contributed by atoms with Crippen molar-refractivity contribution < 1.29 is 14.3 Å². The Balaban J connectivity index is 2.11. The minimum absolute atomic E-state index is 0.189. The molecule has 0 aromatic heterocycles. The molecule has 1 aliphatic rings. The van der Waals surface area contributed by atoms with E-state index in [1.54, 1.807) is 5.01 Å². The van der Waals surface area contributed by atoms with Crippen LogP contribution in [-0.4, -0.2) is 30.6 Å². The Morgan fingerprint density at radius 3 is 2.67 bits per heavy atom. The van der Waals surface area contributed by atoms with Crippen molar-refractivity contribution >= 4 is 23.2 Å². The number of hydrazone groups is 1. The Morgan fingerprint density at radius 1 is 1.33 bits per heavy atom. The second-order valence-corrected chi connectivity index (χ2v) is 5.03. The molecule has 5 nitrogen and oxygen atoms in total. The van der Waals surface area contributed by atoms with Crippen LogP contribution < -0.4 is 5.01 Å². The fraction of sp³-hybridized carbons (Fsp3) is 0.438. The zero-order valence-corrected chi connectivity index (χ0v) is 12.4. The average Bonchev–Trinajstić information content (AvgIpc) is 2.94. The van der Waals surface area contributed by atoms with Crippen LogP contribution in [0.15, 0.2) is 35.4 Å². The maximum atomic E-state index is 12.1. The van der Waals surface area contributed by atoms with Crippen LogP contribution in [0.5, 0.6) is 0 Å². The van der Waals surface area contributed by atoms with Crippen molar-refractivity contribution in [3.8, 4) is 0 Å². The van der Waals surface area contributed by atoms with Crippen LogP contribution in [0, 0.1) is 5.92 Å². The first kappa shape index (κ1) is 15.2. The first-order valence-corrected chi connectivity index (χ1v) is 7.22. The van der Waals surface area contributed by atoms with Crippen molar-refractivity contribution in [1.82, 2.24) is 0 Å². The van der Waals surface area contributed by atoms with E-state index in [9.17, 15) is 9.59 Å². The molecule has 112 valence electrons. The molecule has 0 unspecified atom stereocenters. The number of hydrogen-bond donors (Lipinski definition) is 0. The number of esters is 1. The van der Waals surface area contributed by atoms with Crippen molar-refractivity contribution in [2.75, 3.05) is 18.2 Å². The molecule has 0 N–H and O–H groups in total. The molecule has 21 heavy (non-hydrogen) atoms. The standard InChI is InChI=1S/C16H20N2O3/c1-3-4-10-21-16(20)14-11-18(17-15(14)12(2)19)13-8-6-5-7-9-13/h5-9,14H,3-4,10-11H2,1-2H3/t14-/m1/s1. The number of hydrogen-bond acceptors (Lipinski definition) is 5. The number of anilines is 1. The summed E-state index contributed by atoms with van der Waals surface area (Å²) in [6.45, 7) is 4.20. The maximum Gasteiger partial charge on any atom is 0.317 e. The Kier molecular flexibility index (Phi) is 5.09. The highest BCUT2D eigenvalue weighted by molar-refractivity contribution is 6.43. The van der Waals surface area contributed by atoms with Gasteiger partial charge in [0, 0.05) is 6.92 Å². The molecule has 0 fully saturated rings. The molecule has 0 saturated heterocycles. The first-order valence-electron chi connectivity index (χ1n) is 7.22. The topological polar surface area (TPSA) is 59.0 Å². The molecular weight excluding hydrogens is 268 g/mol. The van der Waals surface area contributed by atoms with Gasteiger partial charge in [0.25, 0.3) is 0 Å². The molecule has 0 spiro atoms. The summed E-state index contributed by atoms with van der Waals surface area (Å²) in [6, 6.07) is 9.49. The van der Waals surface area contributed by atoms with Crippen molar-refractivity contribution in [2.45, 2.75) is 26.7 Å². The predicted octanol–water partition coefficient (Wildman–Crippen LogP) is 2.41. The lowest BCUT2D eigenvalue weighted by molar-refractivity contribution is -0.146. The van der Waals surface area contributed by atoms with Crippen LogP contribution in [0.1, 0.15) is 26.7 Å². The molecule has 0 radical (unpaired) electrons. The number of ketones is 1. The summed E-state index contributed by atoms with van der Waals surface area (Å²) < 4.78 is 5.23. The molecule has 1 aromatic rings. The quantitative estimate of drug-likeness (QED) is 0.596. The van der Waals surface area contributed by atoms with Gasteiger partial charge < -0.3 is 4.74 Å². The van der Waals surface area contributed by atoms with Crippen LogP contribution in [0.3, 0.4) is 0 Å². The van der Waals surface area contributed by atoms with Crippen molar-refractivity contribution in [3.05, 3.63) is 30.3 Å². The number of benzene rings is 1. The summed E-state index contributed by atoms with van der Waals surface area (Å²) in [5.74, 6) is -1.15. The van der Waals surface area contributed by atoms with E-state index in [0.29, 0.717) is 13.2 Å². The third-order valence-corrected chi connectivity index (χ3v) is 3.36. The number of ether oxygens (including phenoxy) is 1. The highest BCUT2D eigenvalue weighted by atomic mass is 16.5. The molecule has 0 aliphatic carbocycles. The summed E-state index contributed by atoms with van der Waals surface area (Å²) in [4.78, 5) is 23.8. The molecule has 1 aliphatic heterocycles. The lowest BCUT2D eigenvalue weighted by Gasteiger charge is -2.15. The van der Waals surface area contributed by atoms with Gasteiger partial charge in [-0.2, -0.15) is 5.10 Å². The van der Waals surface area contributed by atoms with Crippen LogP contribution in [0.2, 0.25) is 0 Å². The normalized spacial score (nSPS) is 17.5. The van der Waals surface area contributed by atoms with E-state index in [0.717, 1.165) is 18.5 Å². The molecular formula is C16H20N2O3. The smallest absolute Gasteiger partial charge is 0.317 e. The van der Waals surface area contributed by atoms with Crippen molar-refractivity contribution in [2.24, 2.45) is 11.0 Å². The molecule has 1 atom stereocenters. The van der Waals surface area contributed by atoms with Gasteiger partial charge >= 0.3 is 5.97 Å². The summed E-state index contributed by atoms with van der Waals surface area (Å²) in [7, 11) is 0. The molecule has 0 bridgehead atoms. The van der Waals surface area contributed by atoms with Gasteiger partial charge in [-0.1, -0.05) is 31.5 Å². The monoisotopic (exact) mass is 288 g/mol. The van der Waals surface area contributed by atoms with E-state index < -0.39 is 5.92 Å². The number of rotatable bonds is 6. The Labute approximate surface area is 124 Å². The number of nitrogens with zero attached hydrogens (tertiary/aromatic N) is 2. The maximum absolute atomic E-state index is 12.1. The van der Waals surface area contributed by atoms with Crippen LogP contribution in [0.4, 0.5) is 5.69 Å². The van der Waals surface area contributed by atoms with Gasteiger partial charge in [-0.3, -0.25) is 14.6 Å². The number of carbonyl (C=O) groups is 2. The molecule has 0 amide bonds. The number of Topliss-reactive ketones (excluding diaryl/α,β-unsaturated/α-hetero) is 1. The zero-order valence-electron chi connectivity index (χ0n) is 12.4. The predicted molar refractivity (Wildman–Crippen MR) is 81.3 cm³/mol. The highest BCUT2D eigenvalue weighted by Crippen LogP contribution is 2.23. The number of para-hydroxylation sites is 1. The number of carbonyl (C=O) groups excluding carboxylic acids is 2. The second kappa shape index (κ2) is 7.02. The molecule has 2 rings (SSSR count). The van der Waals surface area contributed by atoms with E-state index in [1.165, 1.54) is 6.92 Å². The van der Waals surface area contributed by atoms with E-state index in [4.69, 9.17) is 4.74 Å². The first-order chi connectivity index (χ1) is 10.1. The summed E-state index contributed by atoms with van der Waals surface area (Å²) >= 11 is 0. The lowest BCUT2D eigenvalue weighted by Crippen LogP contribution is -2.31. The van der Waals surface area contributed by atoms with E-state index in [-0.39, 0.29) is 17.5 Å². The molecule has 1 aromatic carbocycles. The van der Waals surface area contributed by atoms with Crippen molar-refractivity contribution in [1.29, 1.82) is 0 Å². The van der Waals surface area contributed by atoms with Gasteiger partial charge in [0.1, 0.15) is 11.6 Å². The van der Waals surface area contributed by atoms with E-state index in [1.807, 2.05) is 37.3 Å². The van der Waals surface area contributed by atoms with Crippen LogP contribution >= 0.6 is 0 Å². The van der Waals surface area contributed by atoms with Crippen molar-refractivity contribution in [3.63, 3.8) is 0 Å². The van der Waals surface area contributed by atoms with Gasteiger partial charge in [-0.25, -0.2) is 0 Å². The van der Waals surface area contributed by atoms with Gasteiger partial charge in [0.2, 0.25) is 0 Å². The summed E-state index contributed by atoms with van der Waals surface area (Å²) in [5, 5.41) is 5.97. The third kappa shape index (κ3) is 3.68. The average molecular weight is 288 g/mol. The summed E-state index contributed by atoms with van der Waals surface area (Å²) in [5.41, 5.74) is 1.14. The summed E-state index contributed by atoms with van der Waals surface area (Å²) in [6.07, 6.45) is 1.79. The minimum atomic E-state index is -0.598. The van der Waals surface area contributed by atoms with Gasteiger partial charge in [-0.15, -0.1) is 0 Å². The number of unbranched alkanes of at least 4 members (excludes halogenated alkanes) is 1. The lowest BCUT2D eigenvalue weighted by atomic mass is 10.0. The SMILES string of the molecule is CCCCOC(=O)[C@@H]1CN(c2ccccc2)N=C1C(C)=O. The fourth-order valence-electron chi connectivity index (χ4n) is 2.18. The zero-order chi connectivity index (χ0) is 15.2. The highest BCUT2D eigenvalue weighted by Gasteiger charge is 2.36. The Morgan fingerprint density at radius 2 is 2.05 bits per heavy atom. The van der Waals surface area contributed by atoms with E-state index in [2.05, 4.69) is 5.10 Å². The van der Waals surface area contributed by atoms with Gasteiger partial charge in [0.15, 0.2) is 5.78 Å². The van der Waals surface area contributed by atoms with Crippen LogP contribution in [-0.2, 0) is 14.3 Å². The molecule has 0 saturated carbocycles. The minimum Gasteiger partial charge on any atom is -0.465 e. The third-order valence-electron chi connectivity index (χ3n) is 3.36. The van der Waals surface area contributed by atoms with Gasteiger partial charge in [0.05, 0.1) is 18.8 Å². The molecule has 5 heteroatoms. The Hall–Kier alpha value is -2.17. The fourth-order valence-corrected chi connectivity index (χ4v) is 2.18. The van der Waals surface area contributed by atoms with E-state index >= 15 is 0 Å². The molecule has 1 heterocycles. The van der Waals surface area contributed by atoms with Crippen LogP contribution in [0.25, 0.3) is 0 Å². The van der Waals surface area contributed by atoms with Gasteiger partial charge in [-0.05, 0) is 18.6 Å². The Bertz CT molecular complexity index is 540.